The highest BCUT2D eigenvalue weighted by molar-refractivity contribution is 5.29. The van der Waals surface area contributed by atoms with Gasteiger partial charge in [-0.3, -0.25) is 0 Å². The van der Waals surface area contributed by atoms with Crippen molar-refractivity contribution in [3.8, 4) is 5.75 Å². The number of hydrogen-bond acceptors (Lipinski definition) is 3. The Morgan fingerprint density at radius 1 is 1.00 bits per heavy atom. The molecule has 0 saturated carbocycles. The molecule has 3 heteroatoms. The average molecular weight is 284 g/mol. The van der Waals surface area contributed by atoms with Gasteiger partial charge in [0.1, 0.15) is 12.4 Å². The quantitative estimate of drug-likeness (QED) is 0.806. The van der Waals surface area contributed by atoms with Gasteiger partial charge in [-0.2, -0.15) is 0 Å². The molecule has 3 nitrogen and oxygen atoms in total. The maximum atomic E-state index is 5.86. The molecule has 0 saturated heterocycles. The van der Waals surface area contributed by atoms with Gasteiger partial charge >= 0.3 is 0 Å². The van der Waals surface area contributed by atoms with Crippen LogP contribution in [0.3, 0.4) is 0 Å². The van der Waals surface area contributed by atoms with E-state index in [-0.39, 0.29) is 0 Å². The third-order valence-electron chi connectivity index (χ3n) is 3.34. The van der Waals surface area contributed by atoms with Crippen LogP contribution < -0.4 is 10.1 Å². The summed E-state index contributed by atoms with van der Waals surface area (Å²) in [6.45, 7) is 3.58. The molecule has 0 bridgehead atoms. The Hall–Kier alpha value is -1.84. The van der Waals surface area contributed by atoms with Gasteiger partial charge < -0.3 is 15.0 Å². The number of ether oxygens (including phenoxy) is 1. The van der Waals surface area contributed by atoms with Crippen molar-refractivity contribution < 1.29 is 4.74 Å². The van der Waals surface area contributed by atoms with Gasteiger partial charge in [0.05, 0.1) is 0 Å². The number of likely N-dealkylation sites (N-methyl/N-ethyl adjacent to an activating group) is 2. The van der Waals surface area contributed by atoms with Gasteiger partial charge in [-0.1, -0.05) is 42.5 Å². The summed E-state index contributed by atoms with van der Waals surface area (Å²) in [7, 11) is 4.11. The molecule has 0 fully saturated rings. The Morgan fingerprint density at radius 3 is 2.52 bits per heavy atom. The molecule has 2 rings (SSSR count). The monoisotopic (exact) mass is 284 g/mol. The van der Waals surface area contributed by atoms with Crippen molar-refractivity contribution in [2.75, 3.05) is 27.2 Å². The summed E-state index contributed by atoms with van der Waals surface area (Å²) in [5, 5.41) is 3.17. The van der Waals surface area contributed by atoms with E-state index in [9.17, 15) is 0 Å². The molecule has 0 aliphatic rings. The molecule has 0 spiro atoms. The number of nitrogens with one attached hydrogen (secondary N) is 1. The lowest BCUT2D eigenvalue weighted by atomic mass is 10.2. The highest BCUT2D eigenvalue weighted by Gasteiger charge is 2.02. The molecular weight excluding hydrogens is 260 g/mol. The Bertz CT molecular complexity index is 528. The number of benzene rings is 2. The summed E-state index contributed by atoms with van der Waals surface area (Å²) in [6.07, 6.45) is 0. The standard InChI is InChI=1S/C18H24N2O/c1-19-11-12-20(2)14-17-9-6-10-18(13-17)21-15-16-7-4-3-5-8-16/h3-10,13,19H,11-12,14-15H2,1-2H3. The van der Waals surface area contributed by atoms with Gasteiger partial charge in [-0.25, -0.2) is 0 Å². The molecule has 0 radical (unpaired) electrons. The topological polar surface area (TPSA) is 24.5 Å². The molecule has 0 aliphatic carbocycles. The van der Waals surface area contributed by atoms with Gasteiger partial charge in [0.25, 0.3) is 0 Å². The van der Waals surface area contributed by atoms with Crippen LogP contribution in [0.2, 0.25) is 0 Å². The van der Waals surface area contributed by atoms with E-state index in [2.05, 4.69) is 47.6 Å². The van der Waals surface area contributed by atoms with E-state index in [1.54, 1.807) is 0 Å². The minimum absolute atomic E-state index is 0.611. The van der Waals surface area contributed by atoms with E-state index in [4.69, 9.17) is 4.74 Å². The van der Waals surface area contributed by atoms with Crippen LogP contribution in [0.4, 0.5) is 0 Å². The second-order valence-electron chi connectivity index (χ2n) is 5.26. The maximum absolute atomic E-state index is 5.86. The van der Waals surface area contributed by atoms with Crippen LogP contribution in [0.1, 0.15) is 11.1 Å². The maximum Gasteiger partial charge on any atom is 0.120 e. The third-order valence-corrected chi connectivity index (χ3v) is 3.34. The van der Waals surface area contributed by atoms with Crippen LogP contribution in [-0.2, 0) is 13.2 Å². The zero-order valence-corrected chi connectivity index (χ0v) is 12.9. The SMILES string of the molecule is CNCCN(C)Cc1cccc(OCc2ccccc2)c1. The van der Waals surface area contributed by atoms with Gasteiger partial charge in [0, 0.05) is 19.6 Å². The van der Waals surface area contributed by atoms with Crippen molar-refractivity contribution in [2.45, 2.75) is 13.2 Å². The number of hydrogen-bond donors (Lipinski definition) is 1. The molecule has 1 N–H and O–H groups in total. The van der Waals surface area contributed by atoms with E-state index in [0.29, 0.717) is 6.61 Å². The fraction of sp³-hybridized carbons (Fsp3) is 0.333. The second-order valence-corrected chi connectivity index (χ2v) is 5.26. The van der Waals surface area contributed by atoms with Crippen LogP contribution in [0.25, 0.3) is 0 Å². The molecule has 0 atom stereocenters. The molecular formula is C18H24N2O. The van der Waals surface area contributed by atoms with E-state index >= 15 is 0 Å². The normalized spacial score (nSPS) is 10.8. The van der Waals surface area contributed by atoms with E-state index in [1.807, 2.05) is 31.3 Å². The zero-order chi connectivity index (χ0) is 14.9. The molecule has 0 heterocycles. The highest BCUT2D eigenvalue weighted by Crippen LogP contribution is 2.16. The second kappa shape index (κ2) is 8.45. The Balaban J connectivity index is 1.88. The molecule has 2 aromatic carbocycles. The van der Waals surface area contributed by atoms with Crippen molar-refractivity contribution >= 4 is 0 Å². The van der Waals surface area contributed by atoms with Gasteiger partial charge in [0.15, 0.2) is 0 Å². The zero-order valence-electron chi connectivity index (χ0n) is 12.9. The molecule has 0 aromatic heterocycles. The predicted octanol–water partition coefficient (Wildman–Crippen LogP) is 2.92. The van der Waals surface area contributed by atoms with Crippen molar-refractivity contribution in [2.24, 2.45) is 0 Å². The molecule has 2 aromatic rings. The van der Waals surface area contributed by atoms with Crippen LogP contribution in [0, 0.1) is 0 Å². The molecule has 0 unspecified atom stereocenters. The molecule has 0 aliphatic heterocycles. The summed E-state index contributed by atoms with van der Waals surface area (Å²) < 4.78 is 5.86. The summed E-state index contributed by atoms with van der Waals surface area (Å²) in [5.74, 6) is 0.929. The molecule has 112 valence electrons. The fourth-order valence-electron chi connectivity index (χ4n) is 2.17. The average Bonchev–Trinajstić information content (AvgIpc) is 2.52. The Kier molecular flexibility index (Phi) is 6.25. The first-order chi connectivity index (χ1) is 10.3. The number of nitrogens with zero attached hydrogens (tertiary/aromatic N) is 1. The van der Waals surface area contributed by atoms with Gasteiger partial charge in [0.2, 0.25) is 0 Å². The summed E-state index contributed by atoms with van der Waals surface area (Å²) >= 11 is 0. The minimum Gasteiger partial charge on any atom is -0.489 e. The van der Waals surface area contributed by atoms with E-state index in [0.717, 1.165) is 25.4 Å². The van der Waals surface area contributed by atoms with E-state index < -0.39 is 0 Å². The minimum atomic E-state index is 0.611. The van der Waals surface area contributed by atoms with Crippen LogP contribution in [0.5, 0.6) is 5.75 Å². The largest absolute Gasteiger partial charge is 0.489 e. The predicted molar refractivity (Wildman–Crippen MR) is 87.5 cm³/mol. The van der Waals surface area contributed by atoms with Gasteiger partial charge in [-0.15, -0.1) is 0 Å². The van der Waals surface area contributed by atoms with Crippen molar-refractivity contribution in [3.05, 3.63) is 65.7 Å². The third kappa shape index (κ3) is 5.58. The van der Waals surface area contributed by atoms with Crippen molar-refractivity contribution in [1.29, 1.82) is 0 Å². The fourth-order valence-corrected chi connectivity index (χ4v) is 2.17. The van der Waals surface area contributed by atoms with Crippen LogP contribution in [0.15, 0.2) is 54.6 Å². The molecule has 21 heavy (non-hydrogen) atoms. The summed E-state index contributed by atoms with van der Waals surface area (Å²) in [6, 6.07) is 18.6. The molecule has 0 amide bonds. The first-order valence-electron chi connectivity index (χ1n) is 7.37. The Labute approximate surface area is 127 Å². The lowest BCUT2D eigenvalue weighted by Gasteiger charge is -2.17. The lowest BCUT2D eigenvalue weighted by molar-refractivity contribution is 0.303. The first kappa shape index (κ1) is 15.5. The first-order valence-corrected chi connectivity index (χ1v) is 7.37. The number of rotatable bonds is 8. The van der Waals surface area contributed by atoms with Gasteiger partial charge in [-0.05, 0) is 37.4 Å². The van der Waals surface area contributed by atoms with Crippen LogP contribution in [-0.4, -0.2) is 32.1 Å². The van der Waals surface area contributed by atoms with Crippen LogP contribution >= 0.6 is 0 Å². The van der Waals surface area contributed by atoms with Crippen molar-refractivity contribution in [3.63, 3.8) is 0 Å². The van der Waals surface area contributed by atoms with E-state index in [1.165, 1.54) is 11.1 Å². The smallest absolute Gasteiger partial charge is 0.120 e. The van der Waals surface area contributed by atoms with Crippen molar-refractivity contribution in [1.82, 2.24) is 10.2 Å². The summed E-state index contributed by atoms with van der Waals surface area (Å²) in [5.41, 5.74) is 2.47. The highest BCUT2D eigenvalue weighted by atomic mass is 16.5. The lowest BCUT2D eigenvalue weighted by Crippen LogP contribution is -2.26. The summed E-state index contributed by atoms with van der Waals surface area (Å²) in [4.78, 5) is 2.30. The Morgan fingerprint density at radius 2 is 1.76 bits per heavy atom.